The first-order valence-electron chi connectivity index (χ1n) is 6.17. The van der Waals surface area contributed by atoms with Gasteiger partial charge in [0.1, 0.15) is 0 Å². The van der Waals surface area contributed by atoms with Gasteiger partial charge < -0.3 is 11.1 Å². The van der Waals surface area contributed by atoms with E-state index in [9.17, 15) is 0 Å². The fraction of sp³-hybridized carbons (Fsp3) is 0.333. The molecule has 0 bridgehead atoms. The van der Waals surface area contributed by atoms with Crippen LogP contribution in [0.15, 0.2) is 41.8 Å². The summed E-state index contributed by atoms with van der Waals surface area (Å²) < 4.78 is 0. The Balaban J connectivity index is 1.89. The molecule has 0 unspecified atom stereocenters. The lowest BCUT2D eigenvalue weighted by Gasteiger charge is -2.23. The van der Waals surface area contributed by atoms with E-state index in [4.69, 9.17) is 5.73 Å². The number of hydrogen-bond donors (Lipinski definition) is 2. The van der Waals surface area contributed by atoms with Crippen molar-refractivity contribution in [1.29, 1.82) is 0 Å². The van der Waals surface area contributed by atoms with Gasteiger partial charge in [0.2, 0.25) is 0 Å². The van der Waals surface area contributed by atoms with E-state index in [0.717, 1.165) is 18.8 Å². The van der Waals surface area contributed by atoms with E-state index < -0.39 is 0 Å². The van der Waals surface area contributed by atoms with Gasteiger partial charge in [-0.25, -0.2) is 0 Å². The third kappa shape index (κ3) is 3.34. The van der Waals surface area contributed by atoms with Crippen LogP contribution in [0, 0.1) is 0 Å². The van der Waals surface area contributed by atoms with Crippen molar-refractivity contribution in [3.8, 4) is 0 Å². The molecule has 2 rings (SSSR count). The molecule has 3 heteroatoms. The second-order valence-electron chi connectivity index (χ2n) is 5.21. The fourth-order valence-corrected chi connectivity index (χ4v) is 2.83. The first-order valence-corrected chi connectivity index (χ1v) is 7.05. The molecule has 0 saturated heterocycles. The first kappa shape index (κ1) is 13.1. The number of nitrogens with one attached hydrogen (secondary N) is 1. The Morgan fingerprint density at radius 3 is 2.72 bits per heavy atom. The van der Waals surface area contributed by atoms with Crippen LogP contribution in [0.25, 0.3) is 0 Å². The summed E-state index contributed by atoms with van der Waals surface area (Å²) in [4.78, 5) is 1.42. The van der Waals surface area contributed by atoms with Gasteiger partial charge in [0.15, 0.2) is 0 Å². The Bertz CT molecular complexity index is 489. The summed E-state index contributed by atoms with van der Waals surface area (Å²) in [7, 11) is 0. The molecule has 0 aliphatic rings. The number of benzene rings is 1. The van der Waals surface area contributed by atoms with Gasteiger partial charge in [-0.1, -0.05) is 32.0 Å². The van der Waals surface area contributed by atoms with Gasteiger partial charge in [0.05, 0.1) is 0 Å². The van der Waals surface area contributed by atoms with Gasteiger partial charge in [0.25, 0.3) is 0 Å². The summed E-state index contributed by atoms with van der Waals surface area (Å²) in [5.74, 6) is 0. The zero-order valence-electron chi connectivity index (χ0n) is 10.9. The largest absolute Gasteiger partial charge is 0.399 e. The SMILES string of the molecule is CC(C)(CNCc1cccc(N)c1)c1cccs1. The minimum Gasteiger partial charge on any atom is -0.399 e. The lowest BCUT2D eigenvalue weighted by atomic mass is 9.91. The van der Waals surface area contributed by atoms with Crippen LogP contribution in [-0.2, 0) is 12.0 Å². The quantitative estimate of drug-likeness (QED) is 0.809. The molecular weight excluding hydrogens is 240 g/mol. The summed E-state index contributed by atoms with van der Waals surface area (Å²) in [6.45, 7) is 6.36. The van der Waals surface area contributed by atoms with E-state index >= 15 is 0 Å². The van der Waals surface area contributed by atoms with E-state index in [1.165, 1.54) is 10.4 Å². The topological polar surface area (TPSA) is 38.0 Å². The van der Waals surface area contributed by atoms with Crippen LogP contribution in [0.4, 0.5) is 5.69 Å². The smallest absolute Gasteiger partial charge is 0.0317 e. The monoisotopic (exact) mass is 260 g/mol. The van der Waals surface area contributed by atoms with Crippen LogP contribution in [0.3, 0.4) is 0 Å². The number of thiophene rings is 1. The van der Waals surface area contributed by atoms with Crippen molar-refractivity contribution in [2.75, 3.05) is 12.3 Å². The average molecular weight is 260 g/mol. The van der Waals surface area contributed by atoms with Crippen molar-refractivity contribution in [3.63, 3.8) is 0 Å². The van der Waals surface area contributed by atoms with Crippen molar-refractivity contribution < 1.29 is 0 Å². The molecule has 0 spiro atoms. The normalized spacial score (nSPS) is 11.7. The van der Waals surface area contributed by atoms with Crippen LogP contribution in [0.5, 0.6) is 0 Å². The Morgan fingerprint density at radius 2 is 2.06 bits per heavy atom. The standard InChI is InChI=1S/C15H20N2S/c1-15(2,14-7-4-8-18-14)11-17-10-12-5-3-6-13(16)9-12/h3-9,17H,10-11,16H2,1-2H3. The van der Waals surface area contributed by atoms with E-state index in [-0.39, 0.29) is 5.41 Å². The molecule has 1 aromatic heterocycles. The highest BCUT2D eigenvalue weighted by atomic mass is 32.1. The molecule has 0 aliphatic heterocycles. The lowest BCUT2D eigenvalue weighted by molar-refractivity contribution is 0.477. The third-order valence-corrected chi connectivity index (χ3v) is 4.27. The number of nitrogen functional groups attached to an aromatic ring is 1. The molecule has 96 valence electrons. The van der Waals surface area contributed by atoms with Crippen molar-refractivity contribution in [1.82, 2.24) is 5.32 Å². The summed E-state index contributed by atoms with van der Waals surface area (Å²) in [5.41, 5.74) is 8.00. The summed E-state index contributed by atoms with van der Waals surface area (Å²) in [6.07, 6.45) is 0. The fourth-order valence-electron chi connectivity index (χ4n) is 1.97. The molecule has 18 heavy (non-hydrogen) atoms. The molecule has 0 fully saturated rings. The average Bonchev–Trinajstić information content (AvgIpc) is 2.83. The predicted octanol–water partition coefficient (Wildman–Crippen LogP) is 3.40. The molecule has 2 nitrogen and oxygen atoms in total. The summed E-state index contributed by atoms with van der Waals surface area (Å²) in [5, 5.41) is 5.64. The van der Waals surface area contributed by atoms with Crippen LogP contribution in [0.2, 0.25) is 0 Å². The maximum Gasteiger partial charge on any atom is 0.0317 e. The Hall–Kier alpha value is -1.32. The molecule has 0 amide bonds. The van der Waals surface area contributed by atoms with Crippen LogP contribution >= 0.6 is 11.3 Å². The zero-order valence-corrected chi connectivity index (χ0v) is 11.8. The molecule has 0 aliphatic carbocycles. The third-order valence-electron chi connectivity index (χ3n) is 3.04. The molecule has 2 aromatic rings. The molecule has 0 atom stereocenters. The van der Waals surface area contributed by atoms with E-state index in [1.807, 2.05) is 29.5 Å². The van der Waals surface area contributed by atoms with Crippen LogP contribution < -0.4 is 11.1 Å². The van der Waals surface area contributed by atoms with Crippen LogP contribution in [0.1, 0.15) is 24.3 Å². The number of hydrogen-bond acceptors (Lipinski definition) is 3. The molecule has 1 heterocycles. The number of rotatable bonds is 5. The highest BCUT2D eigenvalue weighted by Gasteiger charge is 2.20. The highest BCUT2D eigenvalue weighted by molar-refractivity contribution is 7.10. The van der Waals surface area contributed by atoms with Gasteiger partial charge in [-0.2, -0.15) is 0 Å². The summed E-state index contributed by atoms with van der Waals surface area (Å²) >= 11 is 1.82. The van der Waals surface area contributed by atoms with Gasteiger partial charge in [-0.05, 0) is 29.1 Å². The molecule has 3 N–H and O–H groups in total. The van der Waals surface area contributed by atoms with Gasteiger partial charge >= 0.3 is 0 Å². The first-order chi connectivity index (χ1) is 8.58. The van der Waals surface area contributed by atoms with E-state index in [0.29, 0.717) is 0 Å². The minimum atomic E-state index is 0.175. The van der Waals surface area contributed by atoms with Crippen molar-refractivity contribution in [2.24, 2.45) is 0 Å². The highest BCUT2D eigenvalue weighted by Crippen LogP contribution is 2.26. The Morgan fingerprint density at radius 1 is 1.22 bits per heavy atom. The number of nitrogens with two attached hydrogens (primary N) is 1. The minimum absolute atomic E-state index is 0.175. The molecular formula is C15H20N2S. The second kappa shape index (κ2) is 5.55. The molecule has 0 saturated carbocycles. The second-order valence-corrected chi connectivity index (χ2v) is 6.16. The predicted molar refractivity (Wildman–Crippen MR) is 79.9 cm³/mol. The molecule has 1 aromatic carbocycles. The lowest BCUT2D eigenvalue weighted by Crippen LogP contribution is -2.31. The van der Waals surface area contributed by atoms with E-state index in [1.54, 1.807) is 0 Å². The van der Waals surface area contributed by atoms with E-state index in [2.05, 4.69) is 42.7 Å². The van der Waals surface area contributed by atoms with Crippen molar-refractivity contribution >= 4 is 17.0 Å². The summed E-state index contributed by atoms with van der Waals surface area (Å²) in [6, 6.07) is 12.3. The zero-order chi connectivity index (χ0) is 13.0. The van der Waals surface area contributed by atoms with Gasteiger partial charge in [0, 0.05) is 29.1 Å². The maximum atomic E-state index is 5.77. The van der Waals surface area contributed by atoms with Gasteiger partial charge in [-0.15, -0.1) is 11.3 Å². The molecule has 0 radical (unpaired) electrons. The van der Waals surface area contributed by atoms with Crippen molar-refractivity contribution in [3.05, 3.63) is 52.2 Å². The Labute approximate surface area is 113 Å². The van der Waals surface area contributed by atoms with Gasteiger partial charge in [-0.3, -0.25) is 0 Å². The Kier molecular flexibility index (Phi) is 4.04. The van der Waals surface area contributed by atoms with Crippen molar-refractivity contribution in [2.45, 2.75) is 25.8 Å². The maximum absolute atomic E-state index is 5.77. The number of anilines is 1. The van der Waals surface area contributed by atoms with Crippen LogP contribution in [-0.4, -0.2) is 6.54 Å².